The van der Waals surface area contributed by atoms with Crippen molar-refractivity contribution in [2.45, 2.75) is 37.1 Å². The van der Waals surface area contributed by atoms with Crippen LogP contribution in [0.15, 0.2) is 64.2 Å². The molecule has 1 saturated heterocycles. The quantitative estimate of drug-likeness (QED) is 0.469. The van der Waals surface area contributed by atoms with Crippen molar-refractivity contribution in [1.82, 2.24) is 14.8 Å². The predicted octanol–water partition coefficient (Wildman–Crippen LogP) is 5.22. The van der Waals surface area contributed by atoms with Gasteiger partial charge >= 0.3 is 0 Å². The molecule has 27 heavy (non-hydrogen) atoms. The molecule has 0 aliphatic carbocycles. The van der Waals surface area contributed by atoms with Gasteiger partial charge in [-0.1, -0.05) is 70.2 Å². The fourth-order valence-electron chi connectivity index (χ4n) is 3.24. The average Bonchev–Trinajstić information content (AvgIpc) is 3.36. The minimum Gasteiger partial charge on any atom is -0.377 e. The molecule has 1 aliphatic rings. The lowest BCUT2D eigenvalue weighted by Crippen LogP contribution is -2.10. The molecule has 3 aromatic rings. The van der Waals surface area contributed by atoms with E-state index in [1.54, 1.807) is 11.8 Å². The van der Waals surface area contributed by atoms with Gasteiger partial charge in [0.05, 0.1) is 6.10 Å². The third-order valence-corrected chi connectivity index (χ3v) is 6.34. The molecule has 6 heteroatoms. The molecule has 2 aromatic carbocycles. The Kier molecular flexibility index (Phi) is 6.27. The highest BCUT2D eigenvalue weighted by Gasteiger charge is 2.19. The van der Waals surface area contributed by atoms with Gasteiger partial charge in [0, 0.05) is 28.9 Å². The van der Waals surface area contributed by atoms with Gasteiger partial charge in [0.25, 0.3) is 0 Å². The largest absolute Gasteiger partial charge is 0.377 e. The topological polar surface area (TPSA) is 39.9 Å². The highest BCUT2D eigenvalue weighted by atomic mass is 79.9. The van der Waals surface area contributed by atoms with Crippen molar-refractivity contribution in [2.75, 3.05) is 12.4 Å². The summed E-state index contributed by atoms with van der Waals surface area (Å²) in [6.45, 7) is 1.74. The standard InChI is InChI=1S/C21H22BrN3OS/c22-18-10-8-17(9-11-18)20-23-24-21(27-15-19-7-4-14-26-19)25(20)13-12-16-5-2-1-3-6-16/h1-3,5-6,8-11,19H,4,7,12-15H2. The number of hydrogen-bond donors (Lipinski definition) is 0. The molecule has 0 radical (unpaired) electrons. The summed E-state index contributed by atoms with van der Waals surface area (Å²) in [7, 11) is 0. The molecule has 0 bridgehead atoms. The fraction of sp³-hybridized carbons (Fsp3) is 0.333. The Balaban J connectivity index is 1.56. The number of thioether (sulfide) groups is 1. The van der Waals surface area contributed by atoms with Crippen molar-refractivity contribution < 1.29 is 4.74 Å². The smallest absolute Gasteiger partial charge is 0.191 e. The second-order valence-electron chi connectivity index (χ2n) is 6.65. The average molecular weight is 444 g/mol. The first-order chi connectivity index (χ1) is 13.3. The van der Waals surface area contributed by atoms with Crippen molar-refractivity contribution in [2.24, 2.45) is 0 Å². The van der Waals surface area contributed by atoms with Crippen LogP contribution >= 0.6 is 27.7 Å². The summed E-state index contributed by atoms with van der Waals surface area (Å²) in [4.78, 5) is 0. The Morgan fingerprint density at radius 2 is 1.89 bits per heavy atom. The Bertz CT molecular complexity index is 861. The minimum atomic E-state index is 0.338. The van der Waals surface area contributed by atoms with E-state index in [4.69, 9.17) is 4.74 Å². The maximum absolute atomic E-state index is 5.76. The molecule has 1 aliphatic heterocycles. The van der Waals surface area contributed by atoms with Crippen LogP contribution < -0.4 is 0 Å². The lowest BCUT2D eigenvalue weighted by Gasteiger charge is -2.12. The normalized spacial score (nSPS) is 16.7. The van der Waals surface area contributed by atoms with E-state index in [0.717, 1.165) is 59.2 Å². The highest BCUT2D eigenvalue weighted by Crippen LogP contribution is 2.28. The van der Waals surface area contributed by atoms with Crippen LogP contribution in [-0.2, 0) is 17.7 Å². The van der Waals surface area contributed by atoms with Gasteiger partial charge in [-0.2, -0.15) is 0 Å². The van der Waals surface area contributed by atoms with Crippen molar-refractivity contribution in [3.8, 4) is 11.4 Å². The van der Waals surface area contributed by atoms with E-state index in [9.17, 15) is 0 Å². The zero-order valence-electron chi connectivity index (χ0n) is 15.1. The van der Waals surface area contributed by atoms with Crippen LogP contribution in [0.2, 0.25) is 0 Å². The van der Waals surface area contributed by atoms with E-state index in [-0.39, 0.29) is 0 Å². The van der Waals surface area contributed by atoms with Gasteiger partial charge in [-0.15, -0.1) is 10.2 Å². The minimum absolute atomic E-state index is 0.338. The summed E-state index contributed by atoms with van der Waals surface area (Å²) in [6, 6.07) is 18.8. The molecular weight excluding hydrogens is 422 g/mol. The van der Waals surface area contributed by atoms with Gasteiger partial charge < -0.3 is 9.30 Å². The third kappa shape index (κ3) is 4.81. The van der Waals surface area contributed by atoms with Gasteiger partial charge in [-0.3, -0.25) is 0 Å². The molecule has 1 unspecified atom stereocenters. The number of benzene rings is 2. The second kappa shape index (κ2) is 9.04. The van der Waals surface area contributed by atoms with Gasteiger partial charge in [0.1, 0.15) is 0 Å². The number of rotatable bonds is 7. The molecule has 4 rings (SSSR count). The second-order valence-corrected chi connectivity index (χ2v) is 8.55. The van der Waals surface area contributed by atoms with Crippen molar-refractivity contribution >= 4 is 27.7 Å². The molecule has 2 heterocycles. The third-order valence-electron chi connectivity index (χ3n) is 4.71. The van der Waals surface area contributed by atoms with Crippen LogP contribution in [0.4, 0.5) is 0 Å². The molecule has 4 nitrogen and oxygen atoms in total. The summed E-state index contributed by atoms with van der Waals surface area (Å²) in [5.74, 6) is 1.86. The Hall–Kier alpha value is -1.63. The van der Waals surface area contributed by atoms with E-state index in [2.05, 4.69) is 73.2 Å². The number of nitrogens with zero attached hydrogens (tertiary/aromatic N) is 3. The van der Waals surface area contributed by atoms with Gasteiger partial charge in [0.15, 0.2) is 11.0 Å². The number of ether oxygens (including phenoxy) is 1. The lowest BCUT2D eigenvalue weighted by molar-refractivity contribution is 0.129. The summed E-state index contributed by atoms with van der Waals surface area (Å²) >= 11 is 5.26. The van der Waals surface area contributed by atoms with E-state index in [0.29, 0.717) is 6.10 Å². The zero-order valence-corrected chi connectivity index (χ0v) is 17.5. The summed E-state index contributed by atoms with van der Waals surface area (Å²) < 4.78 is 9.08. The number of halogens is 1. The first kappa shape index (κ1) is 18.7. The number of hydrogen-bond acceptors (Lipinski definition) is 4. The lowest BCUT2D eigenvalue weighted by atomic mass is 10.1. The van der Waals surface area contributed by atoms with E-state index < -0.39 is 0 Å². The molecular formula is C21H22BrN3OS. The van der Waals surface area contributed by atoms with E-state index in [1.807, 2.05) is 12.1 Å². The van der Waals surface area contributed by atoms with Crippen molar-refractivity contribution in [1.29, 1.82) is 0 Å². The van der Waals surface area contributed by atoms with Crippen molar-refractivity contribution in [3.05, 3.63) is 64.6 Å². The van der Waals surface area contributed by atoms with Crippen LogP contribution in [0.5, 0.6) is 0 Å². The van der Waals surface area contributed by atoms with Gasteiger partial charge in [-0.25, -0.2) is 0 Å². The maximum atomic E-state index is 5.76. The van der Waals surface area contributed by atoms with Crippen LogP contribution in [0.25, 0.3) is 11.4 Å². The zero-order chi connectivity index (χ0) is 18.5. The fourth-order valence-corrected chi connectivity index (χ4v) is 4.53. The van der Waals surface area contributed by atoms with Crippen LogP contribution in [0.1, 0.15) is 18.4 Å². The summed E-state index contributed by atoms with van der Waals surface area (Å²) in [6.07, 6.45) is 3.60. The summed E-state index contributed by atoms with van der Waals surface area (Å²) in [5, 5.41) is 9.98. The molecule has 1 atom stereocenters. The first-order valence-electron chi connectivity index (χ1n) is 9.27. The summed E-state index contributed by atoms with van der Waals surface area (Å²) in [5.41, 5.74) is 2.41. The van der Waals surface area contributed by atoms with E-state index in [1.165, 1.54) is 5.56 Å². The Morgan fingerprint density at radius 3 is 2.63 bits per heavy atom. The monoisotopic (exact) mass is 443 g/mol. The molecule has 0 saturated carbocycles. The molecule has 140 valence electrons. The molecule has 1 fully saturated rings. The molecule has 0 spiro atoms. The SMILES string of the molecule is Brc1ccc(-c2nnc(SCC3CCCO3)n2CCc2ccccc2)cc1. The number of aromatic nitrogens is 3. The first-order valence-corrected chi connectivity index (χ1v) is 11.0. The predicted molar refractivity (Wildman–Crippen MR) is 113 cm³/mol. The van der Waals surface area contributed by atoms with Crippen molar-refractivity contribution in [3.63, 3.8) is 0 Å². The Labute approximate surface area is 172 Å². The van der Waals surface area contributed by atoms with E-state index >= 15 is 0 Å². The van der Waals surface area contributed by atoms with Gasteiger partial charge in [-0.05, 0) is 37.0 Å². The molecule has 1 aromatic heterocycles. The number of aryl methyl sites for hydroxylation is 1. The van der Waals surface area contributed by atoms with Gasteiger partial charge in [0.2, 0.25) is 0 Å². The molecule has 0 amide bonds. The van der Waals surface area contributed by atoms with Crippen LogP contribution in [0.3, 0.4) is 0 Å². The van der Waals surface area contributed by atoms with Crippen LogP contribution in [0, 0.1) is 0 Å². The maximum Gasteiger partial charge on any atom is 0.191 e. The highest BCUT2D eigenvalue weighted by molar-refractivity contribution is 9.10. The Morgan fingerprint density at radius 1 is 1.07 bits per heavy atom. The molecule has 0 N–H and O–H groups in total. The van der Waals surface area contributed by atoms with Crippen LogP contribution in [-0.4, -0.2) is 33.2 Å².